The number of nitrogens with one attached hydrogen (secondary N) is 2. The third-order valence-corrected chi connectivity index (χ3v) is 4.03. The van der Waals surface area contributed by atoms with Gasteiger partial charge in [0.1, 0.15) is 12.2 Å². The third-order valence-electron chi connectivity index (χ3n) is 4.03. The van der Waals surface area contributed by atoms with Gasteiger partial charge in [-0.1, -0.05) is 12.1 Å². The molecule has 136 valence electrons. The molecule has 0 spiro atoms. The van der Waals surface area contributed by atoms with Crippen LogP contribution >= 0.6 is 0 Å². The summed E-state index contributed by atoms with van der Waals surface area (Å²) in [5.74, 6) is -3.11. The first-order chi connectivity index (χ1) is 12.5. The van der Waals surface area contributed by atoms with Crippen LogP contribution in [0, 0.1) is 23.3 Å². The van der Waals surface area contributed by atoms with Crippen molar-refractivity contribution in [3.8, 4) is 0 Å². The van der Waals surface area contributed by atoms with Crippen molar-refractivity contribution < 1.29 is 17.6 Å². The van der Waals surface area contributed by atoms with Gasteiger partial charge in [-0.2, -0.15) is 5.10 Å². The maximum atomic E-state index is 13.6. The summed E-state index contributed by atoms with van der Waals surface area (Å²) in [6.45, 7) is 0.335. The van der Waals surface area contributed by atoms with Crippen LogP contribution < -0.4 is 5.32 Å². The molecule has 2 aromatic carbocycles. The van der Waals surface area contributed by atoms with E-state index in [2.05, 4.69) is 20.5 Å². The summed E-state index contributed by atoms with van der Waals surface area (Å²) < 4.78 is 53.2. The fourth-order valence-corrected chi connectivity index (χ4v) is 2.66. The van der Waals surface area contributed by atoms with Crippen LogP contribution in [0.1, 0.15) is 29.4 Å². The fourth-order valence-electron chi connectivity index (χ4n) is 2.66. The van der Waals surface area contributed by atoms with Gasteiger partial charge in [0.2, 0.25) is 0 Å². The van der Waals surface area contributed by atoms with E-state index >= 15 is 0 Å². The Balaban J connectivity index is 1.74. The van der Waals surface area contributed by atoms with Gasteiger partial charge in [-0.25, -0.2) is 22.5 Å². The number of hydrogen-bond donors (Lipinski definition) is 2. The second-order valence-electron chi connectivity index (χ2n) is 5.83. The molecule has 4 nitrogen and oxygen atoms in total. The molecule has 2 N–H and O–H groups in total. The number of aromatic amines is 1. The molecule has 3 rings (SSSR count). The molecule has 0 amide bonds. The van der Waals surface area contributed by atoms with E-state index < -0.39 is 23.3 Å². The van der Waals surface area contributed by atoms with E-state index in [-0.39, 0.29) is 6.04 Å². The van der Waals surface area contributed by atoms with Crippen LogP contribution in [0.2, 0.25) is 0 Å². The summed E-state index contributed by atoms with van der Waals surface area (Å²) in [5.41, 5.74) is 1.16. The second-order valence-corrected chi connectivity index (χ2v) is 5.83. The van der Waals surface area contributed by atoms with Crippen LogP contribution in [-0.2, 0) is 13.0 Å². The highest BCUT2D eigenvalue weighted by Crippen LogP contribution is 2.22. The first-order valence-corrected chi connectivity index (χ1v) is 7.99. The predicted molar refractivity (Wildman–Crippen MR) is 87.0 cm³/mol. The highest BCUT2D eigenvalue weighted by atomic mass is 19.2. The molecule has 1 atom stereocenters. The lowest BCUT2D eigenvalue weighted by Gasteiger charge is -2.19. The van der Waals surface area contributed by atoms with Crippen molar-refractivity contribution in [2.24, 2.45) is 0 Å². The molecule has 8 heteroatoms. The van der Waals surface area contributed by atoms with E-state index in [9.17, 15) is 17.6 Å². The minimum absolute atomic E-state index is 0.335. The van der Waals surface area contributed by atoms with Gasteiger partial charge in [-0.05, 0) is 48.2 Å². The van der Waals surface area contributed by atoms with Gasteiger partial charge in [0, 0.05) is 6.04 Å². The van der Waals surface area contributed by atoms with Gasteiger partial charge in [0.25, 0.3) is 0 Å². The van der Waals surface area contributed by atoms with E-state index in [1.807, 2.05) is 0 Å². The lowest BCUT2D eigenvalue weighted by Crippen LogP contribution is -2.22. The minimum Gasteiger partial charge on any atom is -0.303 e. The van der Waals surface area contributed by atoms with Crippen LogP contribution in [0.4, 0.5) is 17.6 Å². The van der Waals surface area contributed by atoms with Crippen molar-refractivity contribution in [3.05, 3.63) is 82.9 Å². The Hall–Kier alpha value is -2.74. The van der Waals surface area contributed by atoms with Crippen LogP contribution in [0.25, 0.3) is 0 Å². The Morgan fingerprint density at radius 1 is 0.923 bits per heavy atom. The van der Waals surface area contributed by atoms with Gasteiger partial charge in [0.05, 0.1) is 6.54 Å². The summed E-state index contributed by atoms with van der Waals surface area (Å²) in [5, 5.41) is 9.64. The van der Waals surface area contributed by atoms with Crippen LogP contribution in [-0.4, -0.2) is 15.2 Å². The first kappa shape index (κ1) is 18.1. The average Bonchev–Trinajstić information content (AvgIpc) is 3.14. The number of H-pyrrole nitrogens is 1. The Morgan fingerprint density at radius 3 is 2.31 bits per heavy atom. The first-order valence-electron chi connectivity index (χ1n) is 7.99. The molecule has 0 aliphatic carbocycles. The summed E-state index contributed by atoms with van der Waals surface area (Å²) in [6.07, 6.45) is 2.25. The third kappa shape index (κ3) is 4.45. The number of nitrogens with zero attached hydrogens (tertiary/aromatic N) is 2. The van der Waals surface area contributed by atoms with E-state index in [1.165, 1.54) is 18.5 Å². The number of halogens is 4. The maximum absolute atomic E-state index is 13.6. The van der Waals surface area contributed by atoms with Gasteiger partial charge in [-0.3, -0.25) is 5.10 Å². The average molecular weight is 364 g/mol. The van der Waals surface area contributed by atoms with E-state index in [1.54, 1.807) is 0 Å². The highest BCUT2D eigenvalue weighted by Gasteiger charge is 2.15. The Morgan fingerprint density at radius 2 is 1.65 bits per heavy atom. The molecule has 1 aromatic heterocycles. The molecule has 26 heavy (non-hydrogen) atoms. The molecule has 0 saturated carbocycles. The molecule has 0 fully saturated rings. The molecular formula is C18H16F4N4. The normalized spacial score (nSPS) is 12.3. The molecule has 0 aliphatic rings. The molecule has 3 aromatic rings. The van der Waals surface area contributed by atoms with E-state index in [4.69, 9.17) is 0 Å². The zero-order valence-corrected chi connectivity index (χ0v) is 13.6. The van der Waals surface area contributed by atoms with Gasteiger partial charge < -0.3 is 5.32 Å². The van der Waals surface area contributed by atoms with Crippen molar-refractivity contribution in [3.63, 3.8) is 0 Å². The molecule has 0 saturated heterocycles. The van der Waals surface area contributed by atoms with Crippen LogP contribution in [0.15, 0.2) is 42.7 Å². The summed E-state index contributed by atoms with van der Waals surface area (Å²) >= 11 is 0. The predicted octanol–water partition coefficient (Wildman–Crippen LogP) is 3.82. The van der Waals surface area contributed by atoms with Gasteiger partial charge in [0.15, 0.2) is 23.3 Å². The van der Waals surface area contributed by atoms with E-state index in [0.717, 1.165) is 24.3 Å². The quantitative estimate of drug-likeness (QED) is 0.627. The van der Waals surface area contributed by atoms with Gasteiger partial charge >= 0.3 is 0 Å². The summed E-state index contributed by atoms with van der Waals surface area (Å²) in [6, 6.07) is 7.03. The maximum Gasteiger partial charge on any atom is 0.159 e. The Bertz CT molecular complexity index is 868. The Labute approximate surface area is 147 Å². The van der Waals surface area contributed by atoms with Crippen molar-refractivity contribution >= 4 is 0 Å². The highest BCUT2D eigenvalue weighted by molar-refractivity contribution is 5.23. The Kier molecular flexibility index (Phi) is 5.62. The number of aryl methyl sites for hydroxylation is 1. The van der Waals surface area contributed by atoms with Crippen molar-refractivity contribution in [2.75, 3.05) is 0 Å². The molecule has 0 aliphatic heterocycles. The SMILES string of the molecule is Fc1ccc(CCC(NCc2ncn[nH]2)c2ccc(F)c(F)c2)cc1F. The second kappa shape index (κ2) is 8.09. The lowest BCUT2D eigenvalue weighted by molar-refractivity contribution is 0.473. The number of rotatable bonds is 7. The number of aromatic nitrogens is 3. The zero-order valence-electron chi connectivity index (χ0n) is 13.6. The molecule has 0 bridgehead atoms. The summed E-state index contributed by atoms with van der Waals surface area (Å²) in [4.78, 5) is 4.00. The number of hydrogen-bond acceptors (Lipinski definition) is 3. The summed E-state index contributed by atoms with van der Waals surface area (Å²) in [7, 11) is 0. The molecule has 1 heterocycles. The molecule has 1 unspecified atom stereocenters. The van der Waals surface area contributed by atoms with Crippen molar-refractivity contribution in [1.82, 2.24) is 20.5 Å². The monoisotopic (exact) mass is 364 g/mol. The number of benzene rings is 2. The van der Waals surface area contributed by atoms with Crippen LogP contribution in [0.3, 0.4) is 0 Å². The zero-order chi connectivity index (χ0) is 18.5. The largest absolute Gasteiger partial charge is 0.303 e. The van der Waals surface area contributed by atoms with Crippen molar-refractivity contribution in [2.45, 2.75) is 25.4 Å². The fraction of sp³-hybridized carbons (Fsp3) is 0.222. The topological polar surface area (TPSA) is 53.6 Å². The van der Waals surface area contributed by atoms with E-state index in [0.29, 0.717) is 36.3 Å². The van der Waals surface area contributed by atoms with Crippen molar-refractivity contribution in [1.29, 1.82) is 0 Å². The smallest absolute Gasteiger partial charge is 0.159 e. The molecular weight excluding hydrogens is 348 g/mol. The lowest BCUT2D eigenvalue weighted by atomic mass is 9.98. The standard InChI is InChI=1S/C18H16F4N4/c19-13-4-1-11(7-15(13)21)2-6-17(23-9-18-24-10-25-26-18)12-3-5-14(20)16(22)8-12/h1,3-5,7-8,10,17,23H,2,6,9H2,(H,24,25,26). The van der Waals surface area contributed by atoms with Crippen LogP contribution in [0.5, 0.6) is 0 Å². The van der Waals surface area contributed by atoms with Gasteiger partial charge in [-0.15, -0.1) is 0 Å². The minimum atomic E-state index is -0.943. The molecule has 0 radical (unpaired) electrons.